The Hall–Kier alpha value is -0.440. The lowest BCUT2D eigenvalue weighted by molar-refractivity contribution is -0.127. The van der Waals surface area contributed by atoms with Gasteiger partial charge in [-0.3, -0.25) is 4.79 Å². The fourth-order valence-corrected chi connectivity index (χ4v) is 1.57. The van der Waals surface area contributed by atoms with Crippen LogP contribution in [0.2, 0.25) is 0 Å². The van der Waals surface area contributed by atoms with E-state index in [2.05, 4.69) is 19.6 Å². The first kappa shape index (κ1) is 9.65. The van der Waals surface area contributed by atoms with E-state index in [1.54, 1.807) is 0 Å². The normalized spacial score (nSPS) is 24.3. The third kappa shape index (κ3) is 2.55. The van der Waals surface area contributed by atoms with Crippen LogP contribution in [0.1, 0.15) is 13.3 Å². The molecule has 2 nitrogen and oxygen atoms in total. The number of hydrogen-bond acceptors (Lipinski definition) is 2. The molecular weight excluding hydrogens is 170 g/mol. The van der Waals surface area contributed by atoms with E-state index < -0.39 is 0 Å². The van der Waals surface area contributed by atoms with Gasteiger partial charge in [0.1, 0.15) is 0 Å². The van der Waals surface area contributed by atoms with Crippen LogP contribution < -0.4 is 0 Å². The van der Waals surface area contributed by atoms with E-state index in [0.29, 0.717) is 12.3 Å². The Kier molecular flexibility index (Phi) is 3.66. The van der Waals surface area contributed by atoms with Gasteiger partial charge in [-0.15, -0.1) is 0 Å². The van der Waals surface area contributed by atoms with Crippen molar-refractivity contribution < 1.29 is 4.79 Å². The minimum absolute atomic E-state index is 0.284. The molecule has 0 aromatic carbocycles. The van der Waals surface area contributed by atoms with Crippen LogP contribution in [0.25, 0.3) is 0 Å². The van der Waals surface area contributed by atoms with E-state index in [4.69, 9.17) is 0 Å². The largest absolute Gasteiger partial charge is 0.339 e. The topological polar surface area (TPSA) is 20.3 Å². The Bertz CT molecular complexity index is 191. The summed E-state index contributed by atoms with van der Waals surface area (Å²) in [6.07, 6.45) is 4.69. The molecule has 12 heavy (non-hydrogen) atoms. The summed E-state index contributed by atoms with van der Waals surface area (Å²) >= 11 is 4.05. The number of carbonyl (C=O) groups is 1. The molecule has 3 heteroatoms. The molecule has 0 aromatic heterocycles. The van der Waals surface area contributed by atoms with Gasteiger partial charge in [0.25, 0.3) is 0 Å². The lowest BCUT2D eigenvalue weighted by atomic mass is 10.2. The summed E-state index contributed by atoms with van der Waals surface area (Å²) in [7, 11) is 0. The molecule has 1 fully saturated rings. The summed E-state index contributed by atoms with van der Waals surface area (Å²) < 4.78 is 0. The van der Waals surface area contributed by atoms with Gasteiger partial charge < -0.3 is 4.90 Å². The van der Waals surface area contributed by atoms with E-state index in [1.807, 2.05) is 17.1 Å². The second-order valence-corrected chi connectivity index (χ2v) is 3.63. The van der Waals surface area contributed by atoms with Gasteiger partial charge in [-0.25, -0.2) is 0 Å². The number of nitrogens with zero attached hydrogens (tertiary/aromatic N) is 1. The maximum Gasteiger partial charge on any atom is 0.223 e. The number of likely N-dealkylation sites (tertiary alicyclic amines) is 1. The van der Waals surface area contributed by atoms with Gasteiger partial charge >= 0.3 is 0 Å². The van der Waals surface area contributed by atoms with Gasteiger partial charge in [0, 0.05) is 25.3 Å². The number of hydrogen-bond donors (Lipinski definition) is 1. The second kappa shape index (κ2) is 4.55. The number of carbonyl (C=O) groups excluding carboxylic acids is 1. The molecule has 0 saturated carbocycles. The SMILES string of the molecule is CC1CC(=O)N(C/C=C/CS)C1. The molecule has 1 aliphatic heterocycles. The Balaban J connectivity index is 2.33. The van der Waals surface area contributed by atoms with Crippen LogP contribution in [0.15, 0.2) is 12.2 Å². The summed E-state index contributed by atoms with van der Waals surface area (Å²) in [5.41, 5.74) is 0. The van der Waals surface area contributed by atoms with Gasteiger partial charge in [-0.05, 0) is 5.92 Å². The first-order chi connectivity index (χ1) is 5.74. The molecular formula is C9H15NOS. The quantitative estimate of drug-likeness (QED) is 0.520. The zero-order valence-electron chi connectivity index (χ0n) is 7.36. The van der Waals surface area contributed by atoms with Crippen molar-refractivity contribution in [2.24, 2.45) is 5.92 Å². The highest BCUT2D eigenvalue weighted by atomic mass is 32.1. The fraction of sp³-hybridized carbons (Fsp3) is 0.667. The van der Waals surface area contributed by atoms with Gasteiger partial charge in [-0.1, -0.05) is 19.1 Å². The number of amides is 1. The van der Waals surface area contributed by atoms with Crippen molar-refractivity contribution >= 4 is 18.5 Å². The van der Waals surface area contributed by atoms with E-state index in [9.17, 15) is 4.79 Å². The molecule has 0 radical (unpaired) electrons. The maximum atomic E-state index is 11.3. The molecule has 1 aliphatic rings. The average Bonchev–Trinajstić information content (AvgIpc) is 2.31. The first-order valence-electron chi connectivity index (χ1n) is 4.27. The van der Waals surface area contributed by atoms with E-state index in [1.165, 1.54) is 0 Å². The van der Waals surface area contributed by atoms with Crippen molar-refractivity contribution in [3.63, 3.8) is 0 Å². The van der Waals surface area contributed by atoms with Crippen molar-refractivity contribution in [2.75, 3.05) is 18.8 Å². The third-order valence-corrected chi connectivity index (χ3v) is 2.22. The van der Waals surface area contributed by atoms with Crippen LogP contribution in [0, 0.1) is 5.92 Å². The van der Waals surface area contributed by atoms with Crippen LogP contribution in [-0.2, 0) is 4.79 Å². The Morgan fingerprint density at radius 1 is 1.67 bits per heavy atom. The summed E-state index contributed by atoms with van der Waals surface area (Å²) in [4.78, 5) is 13.1. The second-order valence-electron chi connectivity index (χ2n) is 3.26. The molecule has 68 valence electrons. The molecule has 0 aromatic rings. The summed E-state index contributed by atoms with van der Waals surface area (Å²) in [6.45, 7) is 3.78. The third-order valence-electron chi connectivity index (χ3n) is 2.01. The smallest absolute Gasteiger partial charge is 0.223 e. The molecule has 1 heterocycles. The molecule has 1 unspecified atom stereocenters. The van der Waals surface area contributed by atoms with Crippen LogP contribution in [-0.4, -0.2) is 29.6 Å². The van der Waals surface area contributed by atoms with Gasteiger partial charge in [0.05, 0.1) is 0 Å². The maximum absolute atomic E-state index is 11.3. The highest BCUT2D eigenvalue weighted by Gasteiger charge is 2.24. The van der Waals surface area contributed by atoms with Crippen molar-refractivity contribution in [1.29, 1.82) is 0 Å². The van der Waals surface area contributed by atoms with Gasteiger partial charge in [0.15, 0.2) is 0 Å². The lowest BCUT2D eigenvalue weighted by Crippen LogP contribution is -2.24. The fourth-order valence-electron chi connectivity index (χ4n) is 1.42. The molecule has 0 aliphatic carbocycles. The Labute approximate surface area is 79.0 Å². The summed E-state index contributed by atoms with van der Waals surface area (Å²) in [5, 5.41) is 0. The van der Waals surface area contributed by atoms with Crippen molar-refractivity contribution in [1.82, 2.24) is 4.90 Å². The average molecular weight is 185 g/mol. The molecule has 0 bridgehead atoms. The standard InChI is InChI=1S/C9H15NOS/c1-8-6-9(11)10(7-8)4-2-3-5-12/h2-3,8,12H,4-7H2,1H3/b3-2+. The Morgan fingerprint density at radius 3 is 2.92 bits per heavy atom. The van der Waals surface area contributed by atoms with E-state index in [-0.39, 0.29) is 5.91 Å². The van der Waals surface area contributed by atoms with Crippen molar-refractivity contribution in [3.8, 4) is 0 Å². The zero-order valence-corrected chi connectivity index (χ0v) is 8.26. The number of thiol groups is 1. The predicted molar refractivity (Wildman–Crippen MR) is 53.4 cm³/mol. The zero-order chi connectivity index (χ0) is 8.97. The minimum Gasteiger partial charge on any atom is -0.339 e. The molecule has 1 saturated heterocycles. The molecule has 1 rings (SSSR count). The van der Waals surface area contributed by atoms with E-state index >= 15 is 0 Å². The highest BCUT2D eigenvalue weighted by molar-refractivity contribution is 7.80. The lowest BCUT2D eigenvalue weighted by Gasteiger charge is -2.12. The Morgan fingerprint density at radius 2 is 2.42 bits per heavy atom. The van der Waals surface area contributed by atoms with Crippen molar-refractivity contribution in [2.45, 2.75) is 13.3 Å². The highest BCUT2D eigenvalue weighted by Crippen LogP contribution is 2.15. The summed E-state index contributed by atoms with van der Waals surface area (Å²) in [6, 6.07) is 0. The molecule has 0 N–H and O–H groups in total. The molecule has 0 spiro atoms. The van der Waals surface area contributed by atoms with Crippen LogP contribution in [0.4, 0.5) is 0 Å². The van der Waals surface area contributed by atoms with Gasteiger partial charge in [-0.2, -0.15) is 12.6 Å². The molecule has 1 atom stereocenters. The van der Waals surface area contributed by atoms with Crippen LogP contribution >= 0.6 is 12.6 Å². The summed E-state index contributed by atoms with van der Waals surface area (Å²) in [5.74, 6) is 1.56. The van der Waals surface area contributed by atoms with Gasteiger partial charge in [0.2, 0.25) is 5.91 Å². The van der Waals surface area contributed by atoms with Crippen molar-refractivity contribution in [3.05, 3.63) is 12.2 Å². The predicted octanol–water partition coefficient (Wildman–Crippen LogP) is 1.34. The van der Waals surface area contributed by atoms with E-state index in [0.717, 1.165) is 18.8 Å². The first-order valence-corrected chi connectivity index (χ1v) is 4.91. The monoisotopic (exact) mass is 185 g/mol. The number of rotatable bonds is 3. The van der Waals surface area contributed by atoms with Crippen LogP contribution in [0.5, 0.6) is 0 Å². The van der Waals surface area contributed by atoms with Crippen LogP contribution in [0.3, 0.4) is 0 Å². The minimum atomic E-state index is 0.284. The molecule has 1 amide bonds.